The summed E-state index contributed by atoms with van der Waals surface area (Å²) in [6.45, 7) is 0.442. The van der Waals surface area contributed by atoms with Crippen molar-refractivity contribution in [3.8, 4) is 11.3 Å². The normalized spacial score (nSPS) is 15.1. The Morgan fingerprint density at radius 3 is 2.73 bits per heavy atom. The molecule has 0 saturated heterocycles. The molecule has 7 heteroatoms. The maximum absolute atomic E-state index is 13.1. The van der Waals surface area contributed by atoms with E-state index in [1.807, 2.05) is 36.4 Å². The first-order valence-electron chi connectivity index (χ1n) is 9.87. The number of carbonyl (C=O) groups is 1. The van der Waals surface area contributed by atoms with Crippen molar-refractivity contribution in [2.75, 3.05) is 4.90 Å². The van der Waals surface area contributed by atoms with Crippen LogP contribution in [0.3, 0.4) is 0 Å². The first-order valence-corrected chi connectivity index (χ1v) is 9.87. The largest absolute Gasteiger partial charge is 0.313 e. The fraction of sp³-hybridized carbons (Fsp3) is 0.174. The maximum atomic E-state index is 13.1. The van der Waals surface area contributed by atoms with Gasteiger partial charge in [-0.2, -0.15) is 0 Å². The highest BCUT2D eigenvalue weighted by atomic mass is 16.2. The second-order valence-electron chi connectivity index (χ2n) is 7.48. The zero-order valence-electron chi connectivity index (χ0n) is 16.2. The molecule has 0 bridgehead atoms. The van der Waals surface area contributed by atoms with E-state index in [0.717, 1.165) is 29.7 Å². The number of hydrogen-bond acceptors (Lipinski definition) is 5. The number of nitrogens with zero attached hydrogens (tertiary/aromatic N) is 4. The first kappa shape index (κ1) is 18.2. The zero-order chi connectivity index (χ0) is 20.7. The van der Waals surface area contributed by atoms with E-state index in [4.69, 9.17) is 10.8 Å². The van der Waals surface area contributed by atoms with Crippen molar-refractivity contribution >= 4 is 23.9 Å². The van der Waals surface area contributed by atoms with E-state index in [9.17, 15) is 4.79 Å². The van der Waals surface area contributed by atoms with Gasteiger partial charge in [0.05, 0.1) is 18.6 Å². The Kier molecular flexibility index (Phi) is 4.35. The third-order valence-corrected chi connectivity index (χ3v) is 5.47. The molecule has 0 radical (unpaired) electrons. The van der Waals surface area contributed by atoms with Gasteiger partial charge >= 0.3 is 0 Å². The Bertz CT molecular complexity index is 1160. The number of aromatic nitrogens is 2. The van der Waals surface area contributed by atoms with Crippen molar-refractivity contribution in [2.45, 2.75) is 25.4 Å². The highest BCUT2D eigenvalue weighted by Crippen LogP contribution is 2.31. The molecule has 3 aromatic rings. The monoisotopic (exact) mass is 396 g/mol. The Balaban J connectivity index is 1.43. The summed E-state index contributed by atoms with van der Waals surface area (Å²) in [6.07, 6.45) is 4.89. The van der Waals surface area contributed by atoms with Crippen molar-refractivity contribution in [2.24, 2.45) is 0 Å². The number of nitrogens with one attached hydrogen (secondary N) is 2. The molecular formula is C23H20N6O. The van der Waals surface area contributed by atoms with Crippen LogP contribution in [0.2, 0.25) is 0 Å². The Hall–Kier alpha value is -3.87. The van der Waals surface area contributed by atoms with Gasteiger partial charge in [0.1, 0.15) is 11.5 Å². The molecule has 30 heavy (non-hydrogen) atoms. The van der Waals surface area contributed by atoms with E-state index in [0.29, 0.717) is 23.6 Å². The third-order valence-electron chi connectivity index (χ3n) is 5.47. The average molecular weight is 396 g/mol. The molecule has 0 spiro atoms. The van der Waals surface area contributed by atoms with Crippen molar-refractivity contribution in [3.05, 3.63) is 77.6 Å². The molecule has 1 fully saturated rings. The van der Waals surface area contributed by atoms with Crippen LogP contribution in [0.1, 0.15) is 34.5 Å². The average Bonchev–Trinajstić information content (AvgIpc) is 3.58. The topological polar surface area (TPSA) is 97.0 Å². The van der Waals surface area contributed by atoms with Gasteiger partial charge in [0.25, 0.3) is 5.91 Å². The van der Waals surface area contributed by atoms with Gasteiger partial charge in [0.15, 0.2) is 5.84 Å². The van der Waals surface area contributed by atoms with E-state index in [1.54, 1.807) is 34.2 Å². The van der Waals surface area contributed by atoms with Gasteiger partial charge in [-0.3, -0.25) is 25.5 Å². The molecule has 0 unspecified atom stereocenters. The van der Waals surface area contributed by atoms with Gasteiger partial charge in [-0.05, 0) is 48.7 Å². The molecular weight excluding hydrogens is 376 g/mol. The van der Waals surface area contributed by atoms with Gasteiger partial charge in [0.2, 0.25) is 0 Å². The van der Waals surface area contributed by atoms with E-state index in [1.165, 1.54) is 6.34 Å². The van der Waals surface area contributed by atoms with Crippen LogP contribution in [0.25, 0.3) is 11.3 Å². The zero-order valence-corrected chi connectivity index (χ0v) is 16.2. The molecule has 1 amide bonds. The second-order valence-corrected chi connectivity index (χ2v) is 7.48. The molecule has 2 aromatic heterocycles. The lowest BCUT2D eigenvalue weighted by molar-refractivity contribution is 0.0996. The number of pyridine rings is 2. The Morgan fingerprint density at radius 1 is 1.13 bits per heavy atom. The molecule has 1 aliphatic carbocycles. The van der Waals surface area contributed by atoms with Gasteiger partial charge in [-0.25, -0.2) is 4.98 Å². The van der Waals surface area contributed by atoms with E-state index in [2.05, 4.69) is 9.97 Å². The fourth-order valence-electron chi connectivity index (χ4n) is 3.72. The quantitative estimate of drug-likeness (QED) is 0.508. The van der Waals surface area contributed by atoms with Gasteiger partial charge < -0.3 is 4.90 Å². The summed E-state index contributed by atoms with van der Waals surface area (Å²) in [4.78, 5) is 25.3. The number of amides is 1. The van der Waals surface area contributed by atoms with Crippen molar-refractivity contribution < 1.29 is 4.79 Å². The van der Waals surface area contributed by atoms with E-state index in [-0.39, 0.29) is 17.8 Å². The predicted molar refractivity (Wildman–Crippen MR) is 115 cm³/mol. The number of anilines is 1. The molecule has 1 aliphatic heterocycles. The summed E-state index contributed by atoms with van der Waals surface area (Å²) >= 11 is 0. The molecule has 7 nitrogen and oxygen atoms in total. The Labute approximate surface area is 174 Å². The SMILES string of the molecule is N=CN(C(=N)c1cccc(N2Cc3ccc(-c4ccccn4)cc3C2=O)n1)C1CC1. The minimum absolute atomic E-state index is 0.106. The van der Waals surface area contributed by atoms with Gasteiger partial charge in [-0.15, -0.1) is 0 Å². The Morgan fingerprint density at radius 2 is 2.00 bits per heavy atom. The van der Waals surface area contributed by atoms with Crippen molar-refractivity contribution in [1.82, 2.24) is 14.9 Å². The molecule has 5 rings (SSSR count). The summed E-state index contributed by atoms with van der Waals surface area (Å²) < 4.78 is 0. The molecule has 1 saturated carbocycles. The van der Waals surface area contributed by atoms with Crippen molar-refractivity contribution in [3.63, 3.8) is 0 Å². The molecule has 2 N–H and O–H groups in total. The lowest BCUT2D eigenvalue weighted by Gasteiger charge is -2.20. The molecule has 1 aromatic carbocycles. The fourth-order valence-corrected chi connectivity index (χ4v) is 3.72. The smallest absolute Gasteiger partial charge is 0.260 e. The van der Waals surface area contributed by atoms with Crippen LogP contribution in [0.15, 0.2) is 60.8 Å². The number of rotatable bonds is 5. The molecule has 0 atom stereocenters. The van der Waals surface area contributed by atoms with E-state index >= 15 is 0 Å². The third kappa shape index (κ3) is 3.14. The second kappa shape index (κ2) is 7.18. The number of carbonyl (C=O) groups excluding carboxylic acids is 1. The summed E-state index contributed by atoms with van der Waals surface area (Å²) in [5.41, 5.74) is 3.78. The summed E-state index contributed by atoms with van der Waals surface area (Å²) in [5, 5.41) is 16.0. The van der Waals surface area contributed by atoms with Gasteiger partial charge in [-0.1, -0.05) is 24.3 Å². The minimum Gasteiger partial charge on any atom is -0.313 e. The lowest BCUT2D eigenvalue weighted by atomic mass is 10.0. The molecule has 148 valence electrons. The number of benzene rings is 1. The van der Waals surface area contributed by atoms with Crippen LogP contribution in [-0.4, -0.2) is 39.0 Å². The first-order chi connectivity index (χ1) is 14.7. The number of fused-ring (bicyclic) bond motifs is 1. The van der Waals surface area contributed by atoms with Crippen LogP contribution in [0.5, 0.6) is 0 Å². The highest BCUT2D eigenvalue weighted by Gasteiger charge is 2.32. The van der Waals surface area contributed by atoms with Crippen molar-refractivity contribution in [1.29, 1.82) is 10.8 Å². The van der Waals surface area contributed by atoms with Crippen LogP contribution < -0.4 is 4.90 Å². The predicted octanol–water partition coefficient (Wildman–Crippen LogP) is 3.70. The lowest BCUT2D eigenvalue weighted by Crippen LogP contribution is -2.32. The van der Waals surface area contributed by atoms with Crippen LogP contribution in [0.4, 0.5) is 5.82 Å². The van der Waals surface area contributed by atoms with Crippen LogP contribution in [0, 0.1) is 10.8 Å². The standard InChI is InChI=1S/C23H20N6O/c24-14-29(17-9-10-17)22(25)20-5-3-6-21(27-20)28-13-16-8-7-15(12-18(16)23(28)30)19-4-1-2-11-26-19/h1-8,11-12,14,17,24-25H,9-10,13H2. The van der Waals surface area contributed by atoms with E-state index < -0.39 is 0 Å². The van der Waals surface area contributed by atoms with Crippen LogP contribution >= 0.6 is 0 Å². The van der Waals surface area contributed by atoms with Crippen LogP contribution in [-0.2, 0) is 6.54 Å². The summed E-state index contributed by atoms with van der Waals surface area (Å²) in [5.74, 6) is 0.597. The number of amidine groups is 1. The molecule has 3 heterocycles. The highest BCUT2D eigenvalue weighted by molar-refractivity contribution is 6.10. The maximum Gasteiger partial charge on any atom is 0.260 e. The minimum atomic E-state index is -0.106. The molecule has 2 aliphatic rings. The summed E-state index contributed by atoms with van der Waals surface area (Å²) in [6, 6.07) is 17.1. The summed E-state index contributed by atoms with van der Waals surface area (Å²) in [7, 11) is 0. The number of hydrogen-bond donors (Lipinski definition) is 2. The van der Waals surface area contributed by atoms with Gasteiger partial charge in [0, 0.05) is 23.4 Å².